The fourth-order valence-corrected chi connectivity index (χ4v) is 5.11. The number of alkyl halides is 2. The first kappa shape index (κ1) is 23.2. The molecular formula is C22H24F3N5O2S. The van der Waals surface area contributed by atoms with Crippen molar-refractivity contribution in [1.82, 2.24) is 15.2 Å². The molecule has 1 aliphatic heterocycles. The summed E-state index contributed by atoms with van der Waals surface area (Å²) in [6.07, 6.45) is 1.66. The van der Waals surface area contributed by atoms with Crippen molar-refractivity contribution in [2.24, 2.45) is 0 Å². The highest BCUT2D eigenvalue weighted by Crippen LogP contribution is 2.34. The summed E-state index contributed by atoms with van der Waals surface area (Å²) in [6.45, 7) is 4.78. The molecule has 3 heterocycles. The molecule has 0 spiro atoms. The lowest BCUT2D eigenvalue weighted by Gasteiger charge is -2.28. The fraction of sp³-hybridized carbons (Fsp3) is 0.409. The SMILES string of the molecule is Cc1nnc(N[C@H](C)c2cccc(C(C)(F)F)c2F)c2cc(N3CCS(=O)(=O)CC3)cnc12. The number of halogens is 3. The van der Waals surface area contributed by atoms with E-state index in [0.29, 0.717) is 42.4 Å². The second-order valence-electron chi connectivity index (χ2n) is 8.33. The summed E-state index contributed by atoms with van der Waals surface area (Å²) < 4.78 is 65.9. The van der Waals surface area contributed by atoms with Crippen LogP contribution in [0.15, 0.2) is 30.5 Å². The number of nitrogens with zero attached hydrogens (tertiary/aromatic N) is 4. The van der Waals surface area contributed by atoms with Crippen LogP contribution in [-0.2, 0) is 15.8 Å². The van der Waals surface area contributed by atoms with Gasteiger partial charge in [0, 0.05) is 31.0 Å². The summed E-state index contributed by atoms with van der Waals surface area (Å²) in [6, 6.07) is 5.07. The van der Waals surface area contributed by atoms with E-state index in [2.05, 4.69) is 20.5 Å². The Bertz CT molecular complexity index is 1300. The number of benzene rings is 1. The molecule has 1 aliphatic rings. The van der Waals surface area contributed by atoms with Gasteiger partial charge in [0.1, 0.15) is 5.82 Å². The van der Waals surface area contributed by atoms with E-state index in [0.717, 1.165) is 11.8 Å². The number of hydrogen-bond donors (Lipinski definition) is 1. The molecule has 2 aromatic heterocycles. The lowest BCUT2D eigenvalue weighted by Crippen LogP contribution is -2.40. The van der Waals surface area contributed by atoms with Gasteiger partial charge in [-0.05, 0) is 19.9 Å². The number of sulfone groups is 1. The van der Waals surface area contributed by atoms with Crippen LogP contribution in [0.4, 0.5) is 24.7 Å². The molecule has 0 amide bonds. The van der Waals surface area contributed by atoms with Crippen molar-refractivity contribution in [3.05, 3.63) is 53.1 Å². The molecule has 7 nitrogen and oxygen atoms in total. The van der Waals surface area contributed by atoms with E-state index in [9.17, 15) is 21.6 Å². The van der Waals surface area contributed by atoms with E-state index >= 15 is 0 Å². The van der Waals surface area contributed by atoms with Crippen molar-refractivity contribution < 1.29 is 21.6 Å². The van der Waals surface area contributed by atoms with Gasteiger partial charge < -0.3 is 10.2 Å². The second-order valence-corrected chi connectivity index (χ2v) is 10.6. The van der Waals surface area contributed by atoms with Crippen molar-refractivity contribution in [3.8, 4) is 0 Å². The second kappa shape index (κ2) is 8.44. The van der Waals surface area contributed by atoms with Crippen LogP contribution in [0, 0.1) is 12.7 Å². The molecule has 1 aromatic carbocycles. The highest BCUT2D eigenvalue weighted by molar-refractivity contribution is 7.91. The fourth-order valence-electron chi connectivity index (χ4n) is 3.91. The van der Waals surface area contributed by atoms with Crippen LogP contribution >= 0.6 is 0 Å². The Morgan fingerprint density at radius 2 is 1.88 bits per heavy atom. The van der Waals surface area contributed by atoms with E-state index in [1.165, 1.54) is 12.1 Å². The van der Waals surface area contributed by atoms with Crippen molar-refractivity contribution in [1.29, 1.82) is 0 Å². The summed E-state index contributed by atoms with van der Waals surface area (Å²) >= 11 is 0. The van der Waals surface area contributed by atoms with Gasteiger partial charge in [-0.15, -0.1) is 5.10 Å². The number of fused-ring (bicyclic) bond motifs is 1. The lowest BCUT2D eigenvalue weighted by molar-refractivity contribution is 0.0136. The smallest absolute Gasteiger partial charge is 0.273 e. The van der Waals surface area contributed by atoms with E-state index in [-0.39, 0.29) is 17.1 Å². The summed E-state index contributed by atoms with van der Waals surface area (Å²) in [5, 5.41) is 12.0. The van der Waals surface area contributed by atoms with Gasteiger partial charge in [-0.1, -0.05) is 18.2 Å². The number of anilines is 2. The highest BCUT2D eigenvalue weighted by atomic mass is 32.2. The van der Waals surface area contributed by atoms with Gasteiger partial charge in [0.25, 0.3) is 5.92 Å². The predicted octanol–water partition coefficient (Wildman–Crippen LogP) is 3.99. The molecule has 0 saturated carbocycles. The van der Waals surface area contributed by atoms with E-state index in [1.54, 1.807) is 20.0 Å². The zero-order chi connectivity index (χ0) is 24.0. The first-order chi connectivity index (χ1) is 15.5. The van der Waals surface area contributed by atoms with E-state index in [4.69, 9.17) is 0 Å². The number of aromatic nitrogens is 3. The summed E-state index contributed by atoms with van der Waals surface area (Å²) in [4.78, 5) is 6.42. The number of aryl methyl sites for hydroxylation is 1. The molecule has 1 saturated heterocycles. The molecule has 1 atom stereocenters. The van der Waals surface area contributed by atoms with Gasteiger partial charge in [-0.25, -0.2) is 21.6 Å². The number of rotatable bonds is 5. The molecule has 176 valence electrons. The van der Waals surface area contributed by atoms with Crippen molar-refractivity contribution >= 4 is 32.2 Å². The topological polar surface area (TPSA) is 88.1 Å². The molecular weight excluding hydrogens is 455 g/mol. The lowest BCUT2D eigenvalue weighted by atomic mass is 10.0. The average Bonchev–Trinajstić information content (AvgIpc) is 2.75. The molecule has 0 bridgehead atoms. The minimum Gasteiger partial charge on any atom is -0.368 e. The predicted molar refractivity (Wildman–Crippen MR) is 121 cm³/mol. The quantitative estimate of drug-likeness (QED) is 0.592. The maximum absolute atomic E-state index is 14.8. The van der Waals surface area contributed by atoms with Crippen LogP contribution in [0.3, 0.4) is 0 Å². The monoisotopic (exact) mass is 479 g/mol. The van der Waals surface area contributed by atoms with Crippen LogP contribution in [0.2, 0.25) is 0 Å². The average molecular weight is 480 g/mol. The van der Waals surface area contributed by atoms with Crippen LogP contribution < -0.4 is 10.2 Å². The van der Waals surface area contributed by atoms with E-state index in [1.807, 2.05) is 11.0 Å². The van der Waals surface area contributed by atoms with Gasteiger partial charge in [-0.3, -0.25) is 4.98 Å². The Balaban J connectivity index is 1.69. The van der Waals surface area contributed by atoms with Gasteiger partial charge in [0.15, 0.2) is 15.7 Å². The molecule has 11 heteroatoms. The summed E-state index contributed by atoms with van der Waals surface area (Å²) in [7, 11) is -3.03. The van der Waals surface area contributed by atoms with E-state index < -0.39 is 33.2 Å². The normalized spacial score (nSPS) is 17.2. The van der Waals surface area contributed by atoms with Gasteiger partial charge in [-0.2, -0.15) is 5.10 Å². The molecule has 3 aromatic rings. The van der Waals surface area contributed by atoms with Gasteiger partial charge in [0.2, 0.25) is 0 Å². The third-order valence-corrected chi connectivity index (χ3v) is 7.41. The Morgan fingerprint density at radius 3 is 2.55 bits per heavy atom. The number of hydrogen-bond acceptors (Lipinski definition) is 7. The Labute approximate surface area is 190 Å². The largest absolute Gasteiger partial charge is 0.368 e. The van der Waals surface area contributed by atoms with Gasteiger partial charge >= 0.3 is 0 Å². The van der Waals surface area contributed by atoms with Crippen molar-refractivity contribution in [3.63, 3.8) is 0 Å². The minimum atomic E-state index is -3.31. The number of pyridine rings is 1. The van der Waals surface area contributed by atoms with Crippen LogP contribution in [-0.4, -0.2) is 48.2 Å². The molecule has 1 N–H and O–H groups in total. The third-order valence-electron chi connectivity index (χ3n) is 5.80. The standard InChI is InChI=1S/C22H24F3N5O2S/c1-13(16-5-4-6-18(19(16)23)22(3,24)25)27-21-17-11-15(12-26-20(17)14(2)28-29-21)30-7-9-33(31,32)10-8-30/h4-6,11-13H,7-10H2,1-3H3,(H,27,29)/t13-/m1/s1. The molecule has 0 radical (unpaired) electrons. The maximum atomic E-state index is 14.8. The summed E-state index contributed by atoms with van der Waals surface area (Å²) in [5.41, 5.74) is 1.32. The molecule has 0 aliphatic carbocycles. The van der Waals surface area contributed by atoms with Crippen molar-refractivity contribution in [2.45, 2.75) is 32.7 Å². The van der Waals surface area contributed by atoms with Crippen LogP contribution in [0.25, 0.3) is 10.9 Å². The van der Waals surface area contributed by atoms with Gasteiger partial charge in [0.05, 0.1) is 46.2 Å². The Kier molecular flexibility index (Phi) is 5.94. The molecule has 4 rings (SSSR count). The molecule has 33 heavy (non-hydrogen) atoms. The highest BCUT2D eigenvalue weighted by Gasteiger charge is 2.30. The zero-order valence-electron chi connectivity index (χ0n) is 18.4. The maximum Gasteiger partial charge on any atom is 0.273 e. The third kappa shape index (κ3) is 4.73. The Morgan fingerprint density at radius 1 is 1.18 bits per heavy atom. The first-order valence-corrected chi connectivity index (χ1v) is 12.3. The molecule has 0 unspecified atom stereocenters. The zero-order valence-corrected chi connectivity index (χ0v) is 19.3. The minimum absolute atomic E-state index is 0.0679. The Hall–Kier alpha value is -2.95. The summed E-state index contributed by atoms with van der Waals surface area (Å²) in [5.74, 6) is -3.81. The number of nitrogens with one attached hydrogen (secondary N) is 1. The molecule has 1 fully saturated rings. The van der Waals surface area contributed by atoms with Crippen LogP contribution in [0.1, 0.15) is 36.7 Å². The first-order valence-electron chi connectivity index (χ1n) is 10.5. The van der Waals surface area contributed by atoms with Crippen molar-refractivity contribution in [2.75, 3.05) is 34.8 Å². The van der Waals surface area contributed by atoms with Crippen LogP contribution in [0.5, 0.6) is 0 Å².